The number of anilines is 2. The number of carbonyl (C=O) groups is 1. The first-order valence-corrected chi connectivity index (χ1v) is 11.3. The van der Waals surface area contributed by atoms with Crippen molar-refractivity contribution in [1.29, 1.82) is 0 Å². The van der Waals surface area contributed by atoms with Crippen LogP contribution in [-0.2, 0) is 4.79 Å². The van der Waals surface area contributed by atoms with Crippen molar-refractivity contribution < 1.29 is 9.53 Å². The van der Waals surface area contributed by atoms with Crippen LogP contribution < -0.4 is 15.0 Å². The Morgan fingerprint density at radius 1 is 1.10 bits per heavy atom. The van der Waals surface area contributed by atoms with Crippen molar-refractivity contribution in [3.8, 4) is 17.0 Å². The Kier molecular flexibility index (Phi) is 6.53. The van der Waals surface area contributed by atoms with Crippen LogP contribution in [-0.4, -0.2) is 55.6 Å². The number of methoxy groups -OCH3 is 1. The minimum atomic E-state index is -0.0215. The number of hydrogen-bond donors (Lipinski definition) is 1. The summed E-state index contributed by atoms with van der Waals surface area (Å²) in [4.78, 5) is 21.6. The van der Waals surface area contributed by atoms with Gasteiger partial charge in [-0.25, -0.2) is 4.98 Å². The van der Waals surface area contributed by atoms with Crippen LogP contribution in [0.1, 0.15) is 11.1 Å². The highest BCUT2D eigenvalue weighted by Crippen LogP contribution is 2.29. The van der Waals surface area contributed by atoms with E-state index in [1.54, 1.807) is 7.11 Å². The first-order valence-electron chi connectivity index (χ1n) is 10.5. The van der Waals surface area contributed by atoms with E-state index in [2.05, 4.69) is 58.2 Å². The summed E-state index contributed by atoms with van der Waals surface area (Å²) in [5, 5.41) is 5.60. The minimum Gasteiger partial charge on any atom is -0.495 e. The van der Waals surface area contributed by atoms with Crippen LogP contribution in [0, 0.1) is 13.8 Å². The van der Waals surface area contributed by atoms with Crippen LogP contribution in [0.2, 0.25) is 0 Å². The third kappa shape index (κ3) is 5.06. The largest absolute Gasteiger partial charge is 0.495 e. The molecule has 2 heterocycles. The molecule has 6 nitrogen and oxygen atoms in total. The number of hydrogen-bond acceptors (Lipinski definition) is 6. The number of thiazole rings is 1. The predicted molar refractivity (Wildman–Crippen MR) is 127 cm³/mol. The van der Waals surface area contributed by atoms with Gasteiger partial charge in [-0.1, -0.05) is 24.3 Å². The Morgan fingerprint density at radius 3 is 2.61 bits per heavy atom. The van der Waals surface area contributed by atoms with Crippen LogP contribution in [0.5, 0.6) is 5.75 Å². The Hall–Kier alpha value is -2.90. The average molecular weight is 437 g/mol. The maximum absolute atomic E-state index is 12.6. The molecule has 0 saturated carbocycles. The molecule has 1 amide bonds. The number of nitrogens with one attached hydrogen (secondary N) is 1. The number of nitrogens with zero attached hydrogens (tertiary/aromatic N) is 3. The highest BCUT2D eigenvalue weighted by molar-refractivity contribution is 7.14. The van der Waals surface area contributed by atoms with Crippen LogP contribution in [0.25, 0.3) is 11.3 Å². The second-order valence-electron chi connectivity index (χ2n) is 7.82. The van der Waals surface area contributed by atoms with Crippen LogP contribution >= 0.6 is 11.3 Å². The summed E-state index contributed by atoms with van der Waals surface area (Å²) in [5.74, 6) is 0.865. The maximum Gasteiger partial charge on any atom is 0.240 e. The molecular formula is C24H28N4O2S. The lowest BCUT2D eigenvalue weighted by atomic mass is 10.1. The summed E-state index contributed by atoms with van der Waals surface area (Å²) in [6, 6.07) is 14.4. The van der Waals surface area contributed by atoms with E-state index in [1.807, 2.05) is 23.6 Å². The Morgan fingerprint density at radius 2 is 1.87 bits per heavy atom. The number of ether oxygens (including phenoxy) is 1. The monoisotopic (exact) mass is 436 g/mol. The first-order chi connectivity index (χ1) is 15.0. The molecule has 0 bridgehead atoms. The molecule has 4 rings (SSSR count). The van der Waals surface area contributed by atoms with Gasteiger partial charge >= 0.3 is 0 Å². The predicted octanol–water partition coefficient (Wildman–Crippen LogP) is 4.20. The molecule has 1 N–H and O–H groups in total. The molecule has 1 aliphatic rings. The number of rotatable bonds is 6. The second kappa shape index (κ2) is 9.49. The number of benzene rings is 2. The number of aromatic nitrogens is 1. The smallest absolute Gasteiger partial charge is 0.240 e. The van der Waals surface area contributed by atoms with Gasteiger partial charge in [0.05, 0.1) is 25.0 Å². The number of amides is 1. The van der Waals surface area contributed by atoms with Gasteiger partial charge in [0, 0.05) is 37.1 Å². The fourth-order valence-corrected chi connectivity index (χ4v) is 4.50. The number of para-hydroxylation sites is 2. The summed E-state index contributed by atoms with van der Waals surface area (Å²) in [7, 11) is 1.70. The average Bonchev–Trinajstić information content (AvgIpc) is 3.24. The summed E-state index contributed by atoms with van der Waals surface area (Å²) in [5.41, 5.74) is 5.58. The maximum atomic E-state index is 12.6. The standard InChI is InChI=1S/C24H28N4O2S/c1-17-8-9-19(14-18(17)2)20-16-31-24(25-20)26-23(29)15-27-10-12-28(13-11-27)21-6-4-5-7-22(21)30-3/h4-9,14,16H,10-13,15H2,1-3H3,(H,25,26,29). The molecule has 1 aromatic heterocycles. The van der Waals surface area contributed by atoms with E-state index >= 15 is 0 Å². The Balaban J connectivity index is 1.30. The topological polar surface area (TPSA) is 57.7 Å². The highest BCUT2D eigenvalue weighted by Gasteiger charge is 2.21. The molecule has 162 valence electrons. The zero-order valence-electron chi connectivity index (χ0n) is 18.2. The van der Waals surface area contributed by atoms with Crippen molar-refractivity contribution in [1.82, 2.24) is 9.88 Å². The molecule has 7 heteroatoms. The van der Waals surface area contributed by atoms with E-state index in [9.17, 15) is 4.79 Å². The van der Waals surface area contributed by atoms with Gasteiger partial charge in [-0.2, -0.15) is 0 Å². The van der Waals surface area contributed by atoms with E-state index in [1.165, 1.54) is 22.5 Å². The van der Waals surface area contributed by atoms with Gasteiger partial charge in [0.25, 0.3) is 0 Å². The van der Waals surface area contributed by atoms with Crippen LogP contribution in [0.15, 0.2) is 47.8 Å². The normalized spacial score (nSPS) is 14.5. The first kappa shape index (κ1) is 21.3. The molecule has 0 radical (unpaired) electrons. The number of carbonyl (C=O) groups excluding carboxylic acids is 1. The molecule has 1 fully saturated rings. The third-order valence-corrected chi connectivity index (χ3v) is 6.48. The second-order valence-corrected chi connectivity index (χ2v) is 8.68. The summed E-state index contributed by atoms with van der Waals surface area (Å²) in [6.07, 6.45) is 0. The summed E-state index contributed by atoms with van der Waals surface area (Å²) < 4.78 is 5.48. The summed E-state index contributed by atoms with van der Waals surface area (Å²) >= 11 is 1.46. The highest BCUT2D eigenvalue weighted by atomic mass is 32.1. The zero-order chi connectivity index (χ0) is 21.8. The van der Waals surface area contributed by atoms with Crippen molar-refractivity contribution >= 4 is 28.1 Å². The third-order valence-electron chi connectivity index (χ3n) is 5.72. The molecule has 0 spiro atoms. The van der Waals surface area contributed by atoms with Crippen molar-refractivity contribution in [2.75, 3.05) is 50.1 Å². The SMILES string of the molecule is COc1ccccc1N1CCN(CC(=O)Nc2nc(-c3ccc(C)c(C)c3)cs2)CC1. The van der Waals surface area contributed by atoms with Crippen LogP contribution in [0.4, 0.5) is 10.8 Å². The van der Waals surface area contributed by atoms with E-state index < -0.39 is 0 Å². The van der Waals surface area contributed by atoms with Gasteiger partial charge in [-0.15, -0.1) is 11.3 Å². The lowest BCUT2D eigenvalue weighted by Gasteiger charge is -2.36. The van der Waals surface area contributed by atoms with Gasteiger partial charge in [-0.3, -0.25) is 9.69 Å². The number of piperazine rings is 1. The van der Waals surface area contributed by atoms with Gasteiger partial charge in [-0.05, 0) is 43.2 Å². The lowest BCUT2D eigenvalue weighted by molar-refractivity contribution is -0.117. The van der Waals surface area contributed by atoms with Gasteiger partial charge in [0.1, 0.15) is 5.75 Å². The van der Waals surface area contributed by atoms with E-state index in [-0.39, 0.29) is 5.91 Å². The number of aryl methyl sites for hydroxylation is 2. The van der Waals surface area contributed by atoms with E-state index in [0.29, 0.717) is 11.7 Å². The molecule has 3 aromatic rings. The minimum absolute atomic E-state index is 0.0215. The molecule has 1 aliphatic heterocycles. The quantitative estimate of drug-likeness (QED) is 0.628. The van der Waals surface area contributed by atoms with Crippen molar-refractivity contribution in [3.63, 3.8) is 0 Å². The van der Waals surface area contributed by atoms with Crippen molar-refractivity contribution in [2.45, 2.75) is 13.8 Å². The van der Waals surface area contributed by atoms with Gasteiger partial charge in [0.15, 0.2) is 5.13 Å². The zero-order valence-corrected chi connectivity index (χ0v) is 19.0. The van der Waals surface area contributed by atoms with Crippen molar-refractivity contribution in [2.24, 2.45) is 0 Å². The van der Waals surface area contributed by atoms with Gasteiger partial charge < -0.3 is 15.0 Å². The van der Waals surface area contributed by atoms with E-state index in [0.717, 1.165) is 48.9 Å². The molecule has 0 aliphatic carbocycles. The van der Waals surface area contributed by atoms with Crippen LogP contribution in [0.3, 0.4) is 0 Å². The fourth-order valence-electron chi connectivity index (χ4n) is 3.76. The molecule has 2 aromatic carbocycles. The fraction of sp³-hybridized carbons (Fsp3) is 0.333. The Bertz CT molecular complexity index is 1060. The Labute approximate surface area is 187 Å². The summed E-state index contributed by atoms with van der Waals surface area (Å²) in [6.45, 7) is 7.96. The molecule has 31 heavy (non-hydrogen) atoms. The molecule has 1 saturated heterocycles. The van der Waals surface area contributed by atoms with E-state index in [4.69, 9.17) is 4.74 Å². The molecule has 0 unspecified atom stereocenters. The lowest BCUT2D eigenvalue weighted by Crippen LogP contribution is -2.48. The van der Waals surface area contributed by atoms with Gasteiger partial charge in [0.2, 0.25) is 5.91 Å². The van der Waals surface area contributed by atoms with Crippen molar-refractivity contribution in [3.05, 3.63) is 59.0 Å². The molecule has 0 atom stereocenters. The molecular weight excluding hydrogens is 408 g/mol.